The maximum atomic E-state index is 10.2. The normalized spacial score (nSPS) is 22.6. The van der Waals surface area contributed by atoms with Crippen LogP contribution in [0.4, 0.5) is 5.69 Å². The van der Waals surface area contributed by atoms with Crippen LogP contribution in [0, 0.1) is 11.3 Å². The Morgan fingerprint density at radius 3 is 2.45 bits per heavy atom. The second kappa shape index (κ2) is 4.78. The van der Waals surface area contributed by atoms with Gasteiger partial charge in [-0.3, -0.25) is 0 Å². The van der Waals surface area contributed by atoms with Gasteiger partial charge >= 0.3 is 0 Å². The first kappa shape index (κ1) is 12.7. The van der Waals surface area contributed by atoms with Crippen molar-refractivity contribution >= 4 is 5.69 Å². The maximum absolute atomic E-state index is 10.2. The number of rotatable bonds is 2. The number of anilines is 1. The SMILES string of the molecule is N#C[C@]1(c2ccccc2)c2ccccc2N[C@@H]1c1ccco1. The molecule has 0 radical (unpaired) electrons. The number of hydrogen-bond acceptors (Lipinski definition) is 3. The second-order valence-corrected chi connectivity index (χ2v) is 5.42. The van der Waals surface area contributed by atoms with Crippen LogP contribution in [0.1, 0.15) is 22.9 Å². The summed E-state index contributed by atoms with van der Waals surface area (Å²) in [5.74, 6) is 0.765. The number of benzene rings is 2. The fraction of sp³-hybridized carbons (Fsp3) is 0.105. The highest BCUT2D eigenvalue weighted by Gasteiger charge is 2.50. The van der Waals surface area contributed by atoms with E-state index in [1.54, 1.807) is 6.26 Å². The summed E-state index contributed by atoms with van der Waals surface area (Å²) in [6, 6.07) is 24.0. The van der Waals surface area contributed by atoms with Gasteiger partial charge in [-0.25, -0.2) is 0 Å². The number of nitrogens with zero attached hydrogens (tertiary/aromatic N) is 1. The van der Waals surface area contributed by atoms with Gasteiger partial charge in [0.25, 0.3) is 0 Å². The molecule has 3 heteroatoms. The van der Waals surface area contributed by atoms with E-state index in [4.69, 9.17) is 4.42 Å². The van der Waals surface area contributed by atoms with E-state index < -0.39 is 5.41 Å². The Labute approximate surface area is 128 Å². The number of nitrogens with one attached hydrogen (secondary N) is 1. The zero-order valence-corrected chi connectivity index (χ0v) is 11.9. The van der Waals surface area contributed by atoms with Gasteiger partial charge in [0.05, 0.1) is 12.3 Å². The van der Waals surface area contributed by atoms with Crippen LogP contribution in [0.25, 0.3) is 0 Å². The van der Waals surface area contributed by atoms with E-state index in [2.05, 4.69) is 11.4 Å². The summed E-state index contributed by atoms with van der Waals surface area (Å²) >= 11 is 0. The first-order valence-corrected chi connectivity index (χ1v) is 7.22. The van der Waals surface area contributed by atoms with Gasteiger partial charge in [0.1, 0.15) is 17.2 Å². The van der Waals surface area contributed by atoms with Gasteiger partial charge in [-0.05, 0) is 23.8 Å². The minimum Gasteiger partial charge on any atom is -0.467 e. The molecule has 0 saturated heterocycles. The number of furan rings is 1. The molecule has 2 aromatic carbocycles. The third kappa shape index (κ3) is 1.61. The van der Waals surface area contributed by atoms with Crippen molar-refractivity contribution in [2.45, 2.75) is 11.5 Å². The molecule has 0 amide bonds. The molecule has 1 aromatic heterocycles. The van der Waals surface area contributed by atoms with Gasteiger partial charge in [-0.15, -0.1) is 0 Å². The van der Waals surface area contributed by atoms with Crippen LogP contribution in [-0.2, 0) is 5.41 Å². The smallest absolute Gasteiger partial charge is 0.136 e. The van der Waals surface area contributed by atoms with E-state index in [9.17, 15) is 5.26 Å². The molecule has 106 valence electrons. The van der Waals surface area contributed by atoms with Crippen LogP contribution in [0.15, 0.2) is 77.4 Å². The van der Waals surface area contributed by atoms with Crippen LogP contribution in [0.3, 0.4) is 0 Å². The third-order valence-electron chi connectivity index (χ3n) is 4.32. The first-order chi connectivity index (χ1) is 10.9. The fourth-order valence-electron chi connectivity index (χ4n) is 3.32. The first-order valence-electron chi connectivity index (χ1n) is 7.22. The predicted octanol–water partition coefficient (Wildman–Crippen LogP) is 4.26. The minimum atomic E-state index is -0.796. The molecule has 0 bridgehead atoms. The van der Waals surface area contributed by atoms with E-state index in [-0.39, 0.29) is 6.04 Å². The van der Waals surface area contributed by atoms with E-state index in [0.717, 1.165) is 22.6 Å². The molecular weight excluding hydrogens is 272 g/mol. The monoisotopic (exact) mass is 286 g/mol. The number of para-hydroxylation sites is 1. The summed E-state index contributed by atoms with van der Waals surface area (Å²) in [6.45, 7) is 0. The largest absolute Gasteiger partial charge is 0.467 e. The zero-order valence-electron chi connectivity index (χ0n) is 11.9. The van der Waals surface area contributed by atoms with Gasteiger partial charge in [-0.1, -0.05) is 48.5 Å². The Morgan fingerprint density at radius 1 is 0.955 bits per heavy atom. The Balaban J connectivity index is 2.01. The third-order valence-corrected chi connectivity index (χ3v) is 4.32. The Hall–Kier alpha value is -2.99. The lowest BCUT2D eigenvalue weighted by molar-refractivity contribution is 0.438. The van der Waals surface area contributed by atoms with Crippen LogP contribution < -0.4 is 5.32 Å². The Morgan fingerprint density at radius 2 is 1.73 bits per heavy atom. The molecule has 2 heterocycles. The summed E-state index contributed by atoms with van der Waals surface area (Å²) in [7, 11) is 0. The average Bonchev–Trinajstić information content (AvgIpc) is 3.21. The van der Waals surface area contributed by atoms with Crippen molar-refractivity contribution in [3.63, 3.8) is 0 Å². The van der Waals surface area contributed by atoms with Crippen molar-refractivity contribution < 1.29 is 4.42 Å². The molecule has 0 fully saturated rings. The molecule has 2 atom stereocenters. The highest BCUT2D eigenvalue weighted by molar-refractivity contribution is 5.69. The van der Waals surface area contributed by atoms with Gasteiger partial charge in [0.2, 0.25) is 0 Å². The van der Waals surface area contributed by atoms with Crippen molar-refractivity contribution in [3.8, 4) is 6.07 Å². The molecule has 3 aromatic rings. The van der Waals surface area contributed by atoms with Crippen molar-refractivity contribution in [2.75, 3.05) is 5.32 Å². The highest BCUT2D eigenvalue weighted by atomic mass is 16.3. The number of nitriles is 1. The van der Waals surface area contributed by atoms with Gasteiger partial charge < -0.3 is 9.73 Å². The van der Waals surface area contributed by atoms with Crippen molar-refractivity contribution in [1.82, 2.24) is 0 Å². The standard InChI is InChI=1S/C19H14N2O/c20-13-19(14-7-2-1-3-8-14)15-9-4-5-10-16(15)21-18(19)17-11-6-12-22-17/h1-12,18,21H/t18-,19+/m1/s1. The number of fused-ring (bicyclic) bond motifs is 1. The summed E-state index contributed by atoms with van der Waals surface area (Å²) in [4.78, 5) is 0. The summed E-state index contributed by atoms with van der Waals surface area (Å²) < 4.78 is 5.61. The highest BCUT2D eigenvalue weighted by Crippen LogP contribution is 2.52. The van der Waals surface area contributed by atoms with Crippen LogP contribution in [0.5, 0.6) is 0 Å². The minimum absolute atomic E-state index is 0.243. The van der Waals surface area contributed by atoms with E-state index in [1.165, 1.54) is 0 Å². The molecule has 0 saturated carbocycles. The topological polar surface area (TPSA) is 49.0 Å². The summed E-state index contributed by atoms with van der Waals surface area (Å²) in [5, 5.41) is 13.6. The molecule has 0 aliphatic carbocycles. The Bertz CT molecular complexity index is 833. The molecular formula is C19H14N2O. The zero-order chi connectivity index (χ0) is 15.0. The molecule has 1 N–H and O–H groups in total. The average molecular weight is 286 g/mol. The van der Waals surface area contributed by atoms with Crippen molar-refractivity contribution in [2.24, 2.45) is 0 Å². The second-order valence-electron chi connectivity index (χ2n) is 5.42. The molecule has 1 aliphatic rings. The van der Waals surface area contributed by atoms with Gasteiger partial charge in [0, 0.05) is 11.3 Å². The van der Waals surface area contributed by atoms with Gasteiger partial charge in [0.15, 0.2) is 0 Å². The van der Waals surface area contributed by atoms with Crippen LogP contribution >= 0.6 is 0 Å². The van der Waals surface area contributed by atoms with Crippen molar-refractivity contribution in [3.05, 3.63) is 89.9 Å². The van der Waals surface area contributed by atoms with E-state index >= 15 is 0 Å². The molecule has 3 nitrogen and oxygen atoms in total. The lowest BCUT2D eigenvalue weighted by atomic mass is 9.71. The summed E-state index contributed by atoms with van der Waals surface area (Å²) in [6.07, 6.45) is 1.65. The van der Waals surface area contributed by atoms with Crippen molar-refractivity contribution in [1.29, 1.82) is 5.26 Å². The maximum Gasteiger partial charge on any atom is 0.136 e. The molecule has 4 rings (SSSR count). The lowest BCUT2D eigenvalue weighted by Gasteiger charge is -2.28. The van der Waals surface area contributed by atoms with Gasteiger partial charge in [-0.2, -0.15) is 5.26 Å². The summed E-state index contributed by atoms with van der Waals surface area (Å²) in [5.41, 5.74) is 2.14. The predicted molar refractivity (Wildman–Crippen MR) is 84.3 cm³/mol. The quantitative estimate of drug-likeness (QED) is 0.766. The molecule has 0 unspecified atom stereocenters. The fourth-order valence-corrected chi connectivity index (χ4v) is 3.32. The Kier molecular flexibility index (Phi) is 2.77. The molecule has 22 heavy (non-hydrogen) atoms. The van der Waals surface area contributed by atoms with Crippen LogP contribution in [0.2, 0.25) is 0 Å². The molecule has 1 aliphatic heterocycles. The van der Waals surface area contributed by atoms with Crippen LogP contribution in [-0.4, -0.2) is 0 Å². The molecule has 0 spiro atoms. The number of hydrogen-bond donors (Lipinski definition) is 1. The van der Waals surface area contributed by atoms with E-state index in [0.29, 0.717) is 0 Å². The lowest BCUT2D eigenvalue weighted by Crippen LogP contribution is -2.31. The van der Waals surface area contributed by atoms with E-state index in [1.807, 2.05) is 66.7 Å².